The zero-order valence-electron chi connectivity index (χ0n) is 47.4. The van der Waals surface area contributed by atoms with Crippen LogP contribution in [0.4, 0.5) is 0 Å². The van der Waals surface area contributed by atoms with Gasteiger partial charge in [0.25, 0.3) is 0 Å². The molecule has 0 amide bonds. The van der Waals surface area contributed by atoms with Crippen molar-refractivity contribution < 1.29 is 32.9 Å². The summed E-state index contributed by atoms with van der Waals surface area (Å²) in [5, 5.41) is -1.42. The number of fused-ring (bicyclic) bond motifs is 2. The SMILES string of the molecule is [2H]c1c([2H])c([2H])c(-n2c(C(c3c([2H])c4c([2H])c(C(C)(C)C)c([2H])c([2H])c4n3-c3c([2H])c([2H])c([2H])c([2H])c3[2H])(C([2H])([2H])[2H])C([2H])([2H])[2H])c([2H])c3c([2H])c(C(C)(C)C)c([2H])c([2H])c32)c([2H])c1[2H]. The molecule has 2 nitrogen and oxygen atoms in total. The number of hydrogen-bond acceptors (Lipinski definition) is 0. The molecule has 4 aromatic carbocycles. The van der Waals surface area contributed by atoms with E-state index in [-0.39, 0.29) is 11.1 Å². The first-order chi connectivity index (χ1) is 29.4. The lowest BCUT2D eigenvalue weighted by Gasteiger charge is -2.29. The molecule has 0 N–H and O–H groups in total. The van der Waals surface area contributed by atoms with Gasteiger partial charge >= 0.3 is 0 Å². The van der Waals surface area contributed by atoms with E-state index in [1.807, 2.05) is 0 Å². The summed E-state index contributed by atoms with van der Waals surface area (Å²) < 4.78 is 220. The maximum Gasteiger partial charge on any atom is 0.0649 e. The van der Waals surface area contributed by atoms with Crippen LogP contribution in [0.2, 0.25) is 0 Å². The molecule has 0 aliphatic rings. The van der Waals surface area contributed by atoms with Crippen molar-refractivity contribution in [3.8, 4) is 11.4 Å². The molecule has 6 aromatic rings. The maximum absolute atomic E-state index is 9.90. The third-order valence-corrected chi connectivity index (χ3v) is 6.60. The third-order valence-electron chi connectivity index (χ3n) is 6.60. The first kappa shape index (κ1) is 11.0. The lowest BCUT2D eigenvalue weighted by atomic mass is 9.84. The second-order valence-corrected chi connectivity index (χ2v) is 11.8. The van der Waals surface area contributed by atoms with Crippen molar-refractivity contribution in [2.45, 2.75) is 71.5 Å². The standard InChI is InChI=1S/C39H42N2/c1-37(2,3)29-19-21-33-27(23-29)25-35(40(33)31-15-11-9-12-16-31)39(7,8)36-26-28-24-30(38(4,5)6)20-22-34(28)41(36)32-17-13-10-14-18-32/h9-26H,1-8H3/i7D3,8D3,9D,10D,11D,12D,13D,14D,15D,16D,17D,18D,19D,20D,21D,22D,23D,24D,25D,26D. The zero-order valence-corrected chi connectivity index (χ0v) is 23.4. The Balaban J connectivity index is 2.18. The van der Waals surface area contributed by atoms with E-state index < -0.39 is 183 Å². The molecule has 2 aromatic heterocycles. The van der Waals surface area contributed by atoms with Gasteiger partial charge in [-0.3, -0.25) is 0 Å². The average molecular weight is 563 g/mol. The molecular formula is C39H42N2. The largest absolute Gasteiger partial charge is 0.313 e. The average Bonchev–Trinajstić information content (AvgIpc) is 3.62. The first-order valence-corrected chi connectivity index (χ1v) is 12.8. The lowest BCUT2D eigenvalue weighted by Crippen LogP contribution is -2.25. The quantitative estimate of drug-likeness (QED) is 0.202. The van der Waals surface area contributed by atoms with E-state index in [2.05, 4.69) is 0 Å². The number of para-hydroxylation sites is 2. The minimum absolute atomic E-state index is 0.188. The molecule has 0 unspecified atom stereocenters. The van der Waals surface area contributed by atoms with E-state index in [4.69, 9.17) is 16.4 Å². The summed E-state index contributed by atoms with van der Waals surface area (Å²) in [6.45, 7) is 0.979. The molecule has 2 heteroatoms. The van der Waals surface area contributed by atoms with E-state index in [1.54, 1.807) is 41.5 Å². The normalized spacial score (nSPS) is 21.8. The van der Waals surface area contributed by atoms with Crippen molar-refractivity contribution in [3.63, 3.8) is 0 Å². The molecule has 2 heterocycles. The van der Waals surface area contributed by atoms with Gasteiger partial charge in [-0.15, -0.1) is 0 Å². The van der Waals surface area contributed by atoms with Crippen LogP contribution in [0.1, 0.15) is 111 Å². The molecule has 0 radical (unpaired) electrons. The summed E-state index contributed by atoms with van der Waals surface area (Å²) in [7, 11) is 0. The zero-order chi connectivity index (χ0) is 49.8. The fourth-order valence-corrected chi connectivity index (χ4v) is 4.43. The summed E-state index contributed by atoms with van der Waals surface area (Å²) in [6, 6.07) is -17.6. The van der Waals surface area contributed by atoms with Crippen LogP contribution in [0.3, 0.4) is 0 Å². The molecule has 6 rings (SSSR count). The lowest BCUT2D eigenvalue weighted by molar-refractivity contribution is 0.576. The highest BCUT2D eigenvalue weighted by Crippen LogP contribution is 2.42. The molecule has 41 heavy (non-hydrogen) atoms. The van der Waals surface area contributed by atoms with E-state index in [0.717, 1.165) is 0 Å². The molecule has 0 saturated carbocycles. The second-order valence-electron chi connectivity index (χ2n) is 11.8. The Morgan fingerprint density at radius 3 is 1.24 bits per heavy atom. The van der Waals surface area contributed by atoms with Gasteiger partial charge in [-0.25, -0.2) is 0 Å². The number of nitrogens with zero attached hydrogens (tertiary/aromatic N) is 2. The van der Waals surface area contributed by atoms with Gasteiger partial charge in [-0.1, -0.05) is 89.9 Å². The van der Waals surface area contributed by atoms with Crippen LogP contribution < -0.4 is 0 Å². The van der Waals surface area contributed by atoms with Gasteiger partial charge in [0.2, 0.25) is 0 Å². The van der Waals surface area contributed by atoms with Gasteiger partial charge in [0.15, 0.2) is 0 Å². The Bertz CT molecular complexity index is 2800. The summed E-state index contributed by atoms with van der Waals surface area (Å²) in [5.74, 6) is 0. The molecule has 0 atom stereocenters. The third kappa shape index (κ3) is 4.70. The van der Waals surface area contributed by atoms with Crippen LogP contribution in [0.5, 0.6) is 0 Å². The monoisotopic (exact) mass is 562 g/mol. The minimum Gasteiger partial charge on any atom is -0.313 e. The topological polar surface area (TPSA) is 9.86 Å². The molecule has 0 bridgehead atoms. The molecule has 0 aliphatic carbocycles. The highest BCUT2D eigenvalue weighted by atomic mass is 15.0. The predicted octanol–water partition coefficient (Wildman–Crippen LogP) is 10.5. The van der Waals surface area contributed by atoms with Crippen LogP contribution >= 0.6 is 0 Å². The summed E-state index contributed by atoms with van der Waals surface area (Å²) in [6.07, 6.45) is 0. The number of aromatic nitrogens is 2. The van der Waals surface area contributed by atoms with Crippen molar-refractivity contribution in [2.24, 2.45) is 0 Å². The van der Waals surface area contributed by atoms with Gasteiger partial charge in [0.1, 0.15) is 0 Å². The molecule has 0 spiro atoms. The van der Waals surface area contributed by atoms with Crippen molar-refractivity contribution in [1.29, 1.82) is 0 Å². The van der Waals surface area contributed by atoms with Crippen LogP contribution in [0, 0.1) is 0 Å². The molecule has 0 fully saturated rings. The number of benzene rings is 4. The molecule has 0 aliphatic heterocycles. The van der Waals surface area contributed by atoms with Crippen LogP contribution in [-0.4, -0.2) is 9.13 Å². The van der Waals surface area contributed by atoms with Crippen LogP contribution in [-0.2, 0) is 16.2 Å². The maximum atomic E-state index is 9.90. The minimum atomic E-state index is -4.19. The smallest absolute Gasteiger partial charge is 0.0649 e. The second kappa shape index (κ2) is 9.52. The van der Waals surface area contributed by atoms with Crippen molar-refractivity contribution in [2.75, 3.05) is 0 Å². The molecular weight excluding hydrogens is 496 g/mol. The first-order valence-electron chi connectivity index (χ1n) is 24.8. The molecule has 208 valence electrons. The summed E-state index contributed by atoms with van der Waals surface area (Å²) in [4.78, 5) is 0. The van der Waals surface area contributed by atoms with Gasteiger partial charge in [0, 0.05) is 47.2 Å². The summed E-state index contributed by atoms with van der Waals surface area (Å²) >= 11 is 0. The Morgan fingerprint density at radius 2 is 0.902 bits per heavy atom. The predicted molar refractivity (Wildman–Crippen MR) is 176 cm³/mol. The fourth-order valence-electron chi connectivity index (χ4n) is 4.43. The number of hydrogen-bond donors (Lipinski definition) is 0. The van der Waals surface area contributed by atoms with Crippen LogP contribution in [0.25, 0.3) is 33.2 Å². The summed E-state index contributed by atoms with van der Waals surface area (Å²) in [5.41, 5.74) is -13.2. The Labute approximate surface area is 279 Å². The van der Waals surface area contributed by atoms with Crippen molar-refractivity contribution in [3.05, 3.63) is 131 Å². The number of rotatable bonds is 4. The van der Waals surface area contributed by atoms with E-state index in [0.29, 0.717) is 9.13 Å². The van der Waals surface area contributed by atoms with Crippen molar-refractivity contribution >= 4 is 21.8 Å². The van der Waals surface area contributed by atoms with E-state index in [1.165, 1.54) is 0 Å². The van der Waals surface area contributed by atoms with E-state index in [9.17, 15) is 16.4 Å². The fraction of sp³-hybridized carbons (Fsp3) is 0.282. The van der Waals surface area contributed by atoms with E-state index >= 15 is 0 Å². The highest BCUT2D eigenvalue weighted by molar-refractivity contribution is 5.87. The Kier molecular flexibility index (Phi) is 2.55. The van der Waals surface area contributed by atoms with Gasteiger partial charge in [-0.2, -0.15) is 0 Å². The van der Waals surface area contributed by atoms with Gasteiger partial charge in [-0.05, 0) is 96.1 Å². The Hall–Kier alpha value is -4.04. The molecule has 0 saturated heterocycles. The highest BCUT2D eigenvalue weighted by Gasteiger charge is 2.33. The van der Waals surface area contributed by atoms with Crippen molar-refractivity contribution in [1.82, 2.24) is 9.13 Å². The van der Waals surface area contributed by atoms with Gasteiger partial charge in [0.05, 0.1) is 35.7 Å². The van der Waals surface area contributed by atoms with Gasteiger partial charge < -0.3 is 9.13 Å². The Morgan fingerprint density at radius 1 is 0.512 bits per heavy atom. The van der Waals surface area contributed by atoms with Crippen LogP contribution in [0.15, 0.2) is 109 Å².